The highest BCUT2D eigenvalue weighted by atomic mass is 16.6. The summed E-state index contributed by atoms with van der Waals surface area (Å²) in [7, 11) is 0. The second-order valence-electron chi connectivity index (χ2n) is 9.22. The summed E-state index contributed by atoms with van der Waals surface area (Å²) in [5.74, 6) is -1.64. The molecule has 6 rings (SSSR count). The molecule has 3 atom stereocenters. The fourth-order valence-corrected chi connectivity index (χ4v) is 6.25. The number of ketones is 3. The minimum Gasteiger partial charge on any atom is -0.352 e. The van der Waals surface area contributed by atoms with Crippen molar-refractivity contribution >= 4 is 34.8 Å². The van der Waals surface area contributed by atoms with Gasteiger partial charge in [-0.2, -0.15) is 0 Å². The number of hydrogen-bond donors (Lipinski definition) is 0. The van der Waals surface area contributed by atoms with E-state index in [4.69, 9.17) is 0 Å². The number of nitro groups is 1. The summed E-state index contributed by atoms with van der Waals surface area (Å²) >= 11 is 0. The molecule has 3 aliphatic rings. The van der Waals surface area contributed by atoms with Gasteiger partial charge in [-0.05, 0) is 24.1 Å². The SMILES string of the molecule is CC(=O)[C@H]1[C@H](c2ccc([N+](=O)[O-])cc2)C2(C(=O)c3ccccc3C2=O)[C@@H]2C=Cc3ccccc3N21. The van der Waals surface area contributed by atoms with Gasteiger partial charge < -0.3 is 4.90 Å². The Kier molecular flexibility index (Phi) is 4.42. The van der Waals surface area contributed by atoms with Crippen molar-refractivity contribution in [2.45, 2.75) is 24.9 Å². The molecule has 0 amide bonds. The van der Waals surface area contributed by atoms with Crippen molar-refractivity contribution in [3.05, 3.63) is 111 Å². The number of carbonyl (C=O) groups is 3. The van der Waals surface area contributed by atoms with Crippen LogP contribution in [0.25, 0.3) is 6.08 Å². The lowest BCUT2D eigenvalue weighted by Gasteiger charge is -2.37. The molecule has 0 saturated carbocycles. The van der Waals surface area contributed by atoms with Gasteiger partial charge in [0.25, 0.3) is 5.69 Å². The molecule has 0 unspecified atom stereocenters. The maximum absolute atomic E-state index is 14.2. The molecule has 1 saturated heterocycles. The standard InChI is InChI=1S/C28H20N2O5/c1-16(31)25-24(18-10-13-19(14-11-18)30(34)35)28(26(32)20-7-3-4-8-21(20)27(28)33)23-15-12-17-6-2-5-9-22(17)29(23)25/h2-15,23-25H,1H3/t23-,24-,25-/m0/s1. The molecule has 1 fully saturated rings. The Morgan fingerprint density at radius 2 is 1.51 bits per heavy atom. The van der Waals surface area contributed by atoms with Crippen LogP contribution in [-0.2, 0) is 4.79 Å². The molecular formula is C28H20N2O5. The zero-order valence-electron chi connectivity index (χ0n) is 18.8. The van der Waals surface area contributed by atoms with Crippen LogP contribution < -0.4 is 4.90 Å². The predicted octanol–water partition coefficient (Wildman–Crippen LogP) is 4.62. The van der Waals surface area contributed by atoms with Gasteiger partial charge in [0.15, 0.2) is 17.3 Å². The monoisotopic (exact) mass is 464 g/mol. The van der Waals surface area contributed by atoms with E-state index in [0.717, 1.165) is 11.3 Å². The summed E-state index contributed by atoms with van der Waals surface area (Å²) in [5.41, 5.74) is 1.24. The van der Waals surface area contributed by atoms with E-state index in [1.165, 1.54) is 19.1 Å². The molecule has 2 aliphatic heterocycles. The highest BCUT2D eigenvalue weighted by molar-refractivity contribution is 6.32. The van der Waals surface area contributed by atoms with E-state index < -0.39 is 28.3 Å². The minimum absolute atomic E-state index is 0.101. The third kappa shape index (κ3) is 2.63. The molecule has 3 aromatic carbocycles. The highest BCUT2D eigenvalue weighted by Gasteiger charge is 2.71. The third-order valence-corrected chi connectivity index (χ3v) is 7.59. The number of rotatable bonds is 3. The highest BCUT2D eigenvalue weighted by Crippen LogP contribution is 2.60. The summed E-state index contributed by atoms with van der Waals surface area (Å²) in [6, 6.07) is 18.7. The van der Waals surface area contributed by atoms with Crippen LogP contribution in [0.2, 0.25) is 0 Å². The smallest absolute Gasteiger partial charge is 0.269 e. The Morgan fingerprint density at radius 3 is 2.11 bits per heavy atom. The lowest BCUT2D eigenvalue weighted by Crippen LogP contribution is -2.48. The molecule has 1 spiro atoms. The molecule has 1 aliphatic carbocycles. The summed E-state index contributed by atoms with van der Waals surface area (Å²) in [4.78, 5) is 54.4. The lowest BCUT2D eigenvalue weighted by atomic mass is 9.64. The molecular weight excluding hydrogens is 444 g/mol. The van der Waals surface area contributed by atoms with Crippen LogP contribution >= 0.6 is 0 Å². The van der Waals surface area contributed by atoms with Gasteiger partial charge in [-0.15, -0.1) is 0 Å². The number of nitrogens with zero attached hydrogens (tertiary/aromatic N) is 2. The molecule has 0 N–H and O–H groups in total. The maximum Gasteiger partial charge on any atom is 0.269 e. The van der Waals surface area contributed by atoms with Crippen LogP contribution in [-0.4, -0.2) is 34.4 Å². The molecule has 0 bridgehead atoms. The van der Waals surface area contributed by atoms with E-state index in [1.54, 1.807) is 36.4 Å². The van der Waals surface area contributed by atoms with Crippen molar-refractivity contribution < 1.29 is 19.3 Å². The normalized spacial score (nSPS) is 23.2. The average molecular weight is 464 g/mol. The largest absolute Gasteiger partial charge is 0.352 e. The maximum atomic E-state index is 14.2. The minimum atomic E-state index is -1.57. The van der Waals surface area contributed by atoms with Crippen LogP contribution in [0.5, 0.6) is 0 Å². The topological polar surface area (TPSA) is 97.6 Å². The Morgan fingerprint density at radius 1 is 0.914 bits per heavy atom. The van der Waals surface area contributed by atoms with Crippen molar-refractivity contribution in [3.63, 3.8) is 0 Å². The lowest BCUT2D eigenvalue weighted by molar-refractivity contribution is -0.384. The van der Waals surface area contributed by atoms with Gasteiger partial charge in [-0.3, -0.25) is 24.5 Å². The molecule has 7 heteroatoms. The van der Waals surface area contributed by atoms with Crippen molar-refractivity contribution in [3.8, 4) is 0 Å². The van der Waals surface area contributed by atoms with Gasteiger partial charge in [-0.25, -0.2) is 0 Å². The van der Waals surface area contributed by atoms with Crippen LogP contribution in [0.4, 0.5) is 11.4 Å². The number of Topliss-reactive ketones (excluding diaryl/α,β-unsaturated/α-hetero) is 3. The number of nitro benzene ring substituents is 1. The molecule has 3 aromatic rings. The molecule has 2 heterocycles. The third-order valence-electron chi connectivity index (χ3n) is 7.59. The molecule has 35 heavy (non-hydrogen) atoms. The first kappa shape index (κ1) is 21.2. The number of non-ortho nitro benzene ring substituents is 1. The summed E-state index contributed by atoms with van der Waals surface area (Å²) in [5, 5.41) is 11.3. The number of benzene rings is 3. The first-order valence-electron chi connectivity index (χ1n) is 11.4. The van der Waals surface area contributed by atoms with Crippen LogP contribution in [0.15, 0.2) is 78.9 Å². The zero-order chi connectivity index (χ0) is 24.5. The van der Waals surface area contributed by atoms with Gasteiger partial charge in [-0.1, -0.05) is 66.7 Å². The van der Waals surface area contributed by atoms with Crippen molar-refractivity contribution in [1.29, 1.82) is 0 Å². The summed E-state index contributed by atoms with van der Waals surface area (Å²) in [6.07, 6.45) is 3.75. The van der Waals surface area contributed by atoms with Crippen molar-refractivity contribution in [2.24, 2.45) is 5.41 Å². The van der Waals surface area contributed by atoms with Gasteiger partial charge in [0.1, 0.15) is 5.41 Å². The number of hydrogen-bond acceptors (Lipinski definition) is 6. The fourth-order valence-electron chi connectivity index (χ4n) is 6.25. The van der Waals surface area contributed by atoms with Crippen LogP contribution in [0.1, 0.15) is 44.7 Å². The Bertz CT molecular complexity index is 1440. The van der Waals surface area contributed by atoms with Crippen LogP contribution in [0, 0.1) is 15.5 Å². The second-order valence-corrected chi connectivity index (χ2v) is 9.22. The van der Waals surface area contributed by atoms with Gasteiger partial charge in [0.2, 0.25) is 0 Å². The molecule has 0 aromatic heterocycles. The Labute approximate surface area is 200 Å². The van der Waals surface area contributed by atoms with E-state index >= 15 is 0 Å². The van der Waals surface area contributed by atoms with Gasteiger partial charge >= 0.3 is 0 Å². The number of fused-ring (bicyclic) bond motifs is 5. The first-order chi connectivity index (χ1) is 16.9. The summed E-state index contributed by atoms with van der Waals surface area (Å²) < 4.78 is 0. The number of carbonyl (C=O) groups excluding carboxylic acids is 3. The predicted molar refractivity (Wildman–Crippen MR) is 130 cm³/mol. The van der Waals surface area contributed by atoms with E-state index in [-0.39, 0.29) is 23.0 Å². The van der Waals surface area contributed by atoms with Crippen molar-refractivity contribution in [1.82, 2.24) is 0 Å². The zero-order valence-corrected chi connectivity index (χ0v) is 18.8. The van der Waals surface area contributed by atoms with E-state index in [1.807, 2.05) is 41.3 Å². The van der Waals surface area contributed by atoms with Gasteiger partial charge in [0, 0.05) is 34.9 Å². The van der Waals surface area contributed by atoms with Crippen molar-refractivity contribution in [2.75, 3.05) is 4.90 Å². The van der Waals surface area contributed by atoms with Gasteiger partial charge in [0.05, 0.1) is 17.0 Å². The molecule has 172 valence electrons. The van der Waals surface area contributed by atoms with E-state index in [9.17, 15) is 24.5 Å². The average Bonchev–Trinajstić information content (AvgIpc) is 3.31. The Balaban J connectivity index is 1.66. The van der Waals surface area contributed by atoms with E-state index in [2.05, 4.69) is 0 Å². The fraction of sp³-hybridized carbons (Fsp3) is 0.179. The van der Waals surface area contributed by atoms with E-state index in [0.29, 0.717) is 16.7 Å². The molecule has 0 radical (unpaired) electrons. The van der Waals surface area contributed by atoms with Crippen LogP contribution in [0.3, 0.4) is 0 Å². The first-order valence-corrected chi connectivity index (χ1v) is 11.4. The quantitative estimate of drug-likeness (QED) is 0.319. The number of anilines is 1. The molecule has 7 nitrogen and oxygen atoms in total. The summed E-state index contributed by atoms with van der Waals surface area (Å²) in [6.45, 7) is 1.47. The number of para-hydroxylation sites is 1. The second kappa shape index (κ2) is 7.30. The Hall–Kier alpha value is -4.39.